The summed E-state index contributed by atoms with van der Waals surface area (Å²) in [6.45, 7) is 2.64. The molecule has 1 amide bonds. The number of carbonyl (C=O) groups excluding carboxylic acids is 1. The highest BCUT2D eigenvalue weighted by molar-refractivity contribution is 8.18. The molecule has 3 aromatic rings. The first-order valence-corrected chi connectivity index (χ1v) is 11.0. The van der Waals surface area contributed by atoms with Crippen molar-refractivity contribution in [1.82, 2.24) is 4.90 Å². The number of rotatable bonds is 6. The number of nitrogens with zero attached hydrogens (tertiary/aromatic N) is 2. The van der Waals surface area contributed by atoms with Crippen LogP contribution in [0.3, 0.4) is 0 Å². The van der Waals surface area contributed by atoms with Crippen molar-refractivity contribution in [3.05, 3.63) is 76.7 Å². The van der Waals surface area contributed by atoms with Gasteiger partial charge in [0.05, 0.1) is 22.8 Å². The highest BCUT2D eigenvalue weighted by atomic mass is 32.2. The molecule has 162 valence electrons. The Morgan fingerprint density at radius 2 is 1.88 bits per heavy atom. The minimum Gasteiger partial charge on any atom is -0.493 e. The van der Waals surface area contributed by atoms with Crippen molar-refractivity contribution >= 4 is 51.3 Å². The van der Waals surface area contributed by atoms with Crippen molar-refractivity contribution in [2.75, 3.05) is 13.7 Å². The van der Waals surface area contributed by atoms with E-state index in [2.05, 4.69) is 11.9 Å². The summed E-state index contributed by atoms with van der Waals surface area (Å²) < 4.78 is 5.96. The largest absolute Gasteiger partial charge is 0.493 e. The van der Waals surface area contributed by atoms with E-state index >= 15 is 0 Å². The number of amidine groups is 1. The number of fused-ring (bicyclic) bond motifs is 1. The van der Waals surface area contributed by atoms with Crippen LogP contribution in [0.4, 0.5) is 5.69 Å². The maximum atomic E-state index is 13.0. The van der Waals surface area contributed by atoms with E-state index in [1.165, 1.54) is 28.8 Å². The standard InChI is InChI=1S/C25H22N2O4S/c1-3-14-31-21-13-10-16-6-4-5-7-19(16)20(21)15-22-23(28)27(2)25(32-22)26-18-11-8-17(9-12-18)24(29)30/h4-13,15H,3,14H2,1-2H3,(H,29,30)/b22-15+,26-25?. The van der Waals surface area contributed by atoms with Crippen molar-refractivity contribution in [1.29, 1.82) is 0 Å². The van der Waals surface area contributed by atoms with Gasteiger partial charge in [-0.1, -0.05) is 37.3 Å². The maximum absolute atomic E-state index is 13.0. The Kier molecular flexibility index (Phi) is 6.28. The molecule has 0 aliphatic carbocycles. The summed E-state index contributed by atoms with van der Waals surface area (Å²) in [6, 6.07) is 18.2. The summed E-state index contributed by atoms with van der Waals surface area (Å²) >= 11 is 1.28. The first kappa shape index (κ1) is 21.6. The zero-order valence-electron chi connectivity index (χ0n) is 17.7. The average Bonchev–Trinajstić information content (AvgIpc) is 3.06. The average molecular weight is 447 g/mol. The number of hydrogen-bond donors (Lipinski definition) is 1. The second-order valence-corrected chi connectivity index (χ2v) is 8.28. The molecular formula is C25H22N2O4S. The molecule has 1 aliphatic heterocycles. The van der Waals surface area contributed by atoms with Gasteiger partial charge < -0.3 is 9.84 Å². The molecule has 0 atom stereocenters. The first-order valence-electron chi connectivity index (χ1n) is 10.2. The lowest BCUT2D eigenvalue weighted by Gasteiger charge is -2.12. The van der Waals surface area contributed by atoms with Crippen LogP contribution in [0.5, 0.6) is 5.75 Å². The van der Waals surface area contributed by atoms with E-state index in [0.717, 1.165) is 28.5 Å². The van der Waals surface area contributed by atoms with Crippen molar-refractivity contribution in [2.45, 2.75) is 13.3 Å². The third-order valence-corrected chi connectivity index (χ3v) is 6.07. The van der Waals surface area contributed by atoms with E-state index in [1.807, 2.05) is 42.5 Å². The number of aromatic carboxylic acids is 1. The number of carboxylic acid groups (broad SMARTS) is 1. The number of carbonyl (C=O) groups is 2. The second-order valence-electron chi connectivity index (χ2n) is 7.27. The molecule has 0 saturated carbocycles. The zero-order valence-corrected chi connectivity index (χ0v) is 18.6. The lowest BCUT2D eigenvalue weighted by Crippen LogP contribution is -2.23. The van der Waals surface area contributed by atoms with Crippen LogP contribution in [0, 0.1) is 0 Å². The van der Waals surface area contributed by atoms with Crippen LogP contribution in [-0.2, 0) is 4.79 Å². The molecule has 1 fully saturated rings. The predicted octanol–water partition coefficient (Wildman–Crippen LogP) is 5.56. The normalized spacial score (nSPS) is 16.3. The summed E-state index contributed by atoms with van der Waals surface area (Å²) in [5.41, 5.74) is 1.64. The summed E-state index contributed by atoms with van der Waals surface area (Å²) in [5.74, 6) is -0.401. The molecule has 1 aliphatic rings. The molecule has 0 aromatic heterocycles. The number of aliphatic imine (C=N–C) groups is 1. The van der Waals surface area contributed by atoms with Gasteiger partial charge in [0.15, 0.2) is 5.17 Å². The Labute approximate surface area is 190 Å². The smallest absolute Gasteiger partial charge is 0.335 e. The number of ether oxygens (including phenoxy) is 1. The second kappa shape index (κ2) is 9.28. The first-order chi connectivity index (χ1) is 15.5. The number of likely N-dealkylation sites (N-methyl/N-ethyl adjacent to an activating group) is 1. The van der Waals surface area contributed by atoms with E-state index in [9.17, 15) is 9.59 Å². The molecule has 7 heteroatoms. The van der Waals surface area contributed by atoms with Gasteiger partial charge in [0, 0.05) is 12.6 Å². The van der Waals surface area contributed by atoms with Crippen LogP contribution in [0.2, 0.25) is 0 Å². The number of hydrogen-bond acceptors (Lipinski definition) is 5. The molecule has 0 unspecified atom stereocenters. The van der Waals surface area contributed by atoms with Crippen LogP contribution in [-0.4, -0.2) is 40.7 Å². The number of amides is 1. The number of thioether (sulfide) groups is 1. The van der Waals surface area contributed by atoms with Crippen molar-refractivity contribution in [3.8, 4) is 5.75 Å². The Balaban J connectivity index is 1.71. The van der Waals surface area contributed by atoms with E-state index < -0.39 is 5.97 Å². The molecule has 1 heterocycles. The van der Waals surface area contributed by atoms with Gasteiger partial charge in [-0.05, 0) is 65.4 Å². The van der Waals surface area contributed by atoms with Crippen molar-refractivity contribution in [2.24, 2.45) is 4.99 Å². The van der Waals surface area contributed by atoms with Crippen LogP contribution in [0.25, 0.3) is 16.8 Å². The van der Waals surface area contributed by atoms with Gasteiger partial charge in [-0.2, -0.15) is 0 Å². The maximum Gasteiger partial charge on any atom is 0.335 e. The van der Waals surface area contributed by atoms with Gasteiger partial charge in [0.25, 0.3) is 5.91 Å². The Bertz CT molecular complexity index is 1250. The summed E-state index contributed by atoms with van der Waals surface area (Å²) in [7, 11) is 1.68. The fraction of sp³-hybridized carbons (Fsp3) is 0.160. The molecule has 1 saturated heterocycles. The molecule has 4 rings (SSSR count). The van der Waals surface area contributed by atoms with Crippen molar-refractivity contribution < 1.29 is 19.4 Å². The van der Waals surface area contributed by atoms with Gasteiger partial charge in [0.2, 0.25) is 0 Å². The van der Waals surface area contributed by atoms with Crippen LogP contribution in [0.1, 0.15) is 29.3 Å². The molecular weight excluding hydrogens is 424 g/mol. The SMILES string of the molecule is CCCOc1ccc2ccccc2c1/C=C1/SC(=Nc2ccc(C(=O)O)cc2)N(C)C1=O. The predicted molar refractivity (Wildman–Crippen MR) is 129 cm³/mol. The summed E-state index contributed by atoms with van der Waals surface area (Å²) in [4.78, 5) is 30.6. The van der Waals surface area contributed by atoms with Gasteiger partial charge in [-0.3, -0.25) is 9.69 Å². The zero-order chi connectivity index (χ0) is 22.7. The molecule has 0 spiro atoms. The van der Waals surface area contributed by atoms with Gasteiger partial charge in [0.1, 0.15) is 5.75 Å². The molecule has 0 radical (unpaired) electrons. The van der Waals surface area contributed by atoms with Crippen LogP contribution >= 0.6 is 11.8 Å². The minimum absolute atomic E-state index is 0.148. The third-order valence-electron chi connectivity index (χ3n) is 5.01. The number of benzene rings is 3. The minimum atomic E-state index is -0.992. The van der Waals surface area contributed by atoms with E-state index in [-0.39, 0.29) is 11.5 Å². The topological polar surface area (TPSA) is 79.2 Å². The highest BCUT2D eigenvalue weighted by Gasteiger charge is 2.31. The molecule has 3 aromatic carbocycles. The number of carboxylic acids is 1. The lowest BCUT2D eigenvalue weighted by molar-refractivity contribution is -0.121. The fourth-order valence-electron chi connectivity index (χ4n) is 3.33. The van der Waals surface area contributed by atoms with E-state index in [0.29, 0.717) is 22.4 Å². The Hall–Kier alpha value is -3.58. The fourth-order valence-corrected chi connectivity index (χ4v) is 4.30. The Morgan fingerprint density at radius 3 is 2.59 bits per heavy atom. The monoisotopic (exact) mass is 446 g/mol. The molecule has 32 heavy (non-hydrogen) atoms. The van der Waals surface area contributed by atoms with Crippen molar-refractivity contribution in [3.63, 3.8) is 0 Å². The van der Waals surface area contributed by atoms with E-state index in [1.54, 1.807) is 19.2 Å². The summed E-state index contributed by atoms with van der Waals surface area (Å²) in [6.07, 6.45) is 2.75. The van der Waals surface area contributed by atoms with Gasteiger partial charge in [-0.25, -0.2) is 9.79 Å². The van der Waals surface area contributed by atoms with Crippen LogP contribution in [0.15, 0.2) is 70.6 Å². The quantitative estimate of drug-likeness (QED) is 0.502. The molecule has 0 bridgehead atoms. The summed E-state index contributed by atoms with van der Waals surface area (Å²) in [5, 5.41) is 11.7. The highest BCUT2D eigenvalue weighted by Crippen LogP contribution is 2.37. The Morgan fingerprint density at radius 1 is 1.12 bits per heavy atom. The third kappa shape index (κ3) is 4.38. The molecule has 6 nitrogen and oxygen atoms in total. The van der Waals surface area contributed by atoms with Gasteiger partial charge >= 0.3 is 5.97 Å². The van der Waals surface area contributed by atoms with E-state index in [4.69, 9.17) is 9.84 Å². The van der Waals surface area contributed by atoms with Crippen LogP contribution < -0.4 is 4.74 Å². The van der Waals surface area contributed by atoms with Gasteiger partial charge in [-0.15, -0.1) is 0 Å². The lowest BCUT2D eigenvalue weighted by atomic mass is 10.0. The molecule has 1 N–H and O–H groups in total.